The fourth-order valence-corrected chi connectivity index (χ4v) is 2.17. The van der Waals surface area contributed by atoms with Crippen molar-refractivity contribution in [3.05, 3.63) is 12.7 Å². The molecule has 98 valence electrons. The van der Waals surface area contributed by atoms with Crippen molar-refractivity contribution >= 4 is 22.0 Å². The van der Waals surface area contributed by atoms with E-state index in [0.29, 0.717) is 0 Å². The summed E-state index contributed by atoms with van der Waals surface area (Å²) in [6.07, 6.45) is 0.951. The van der Waals surface area contributed by atoms with Crippen LogP contribution in [0.1, 0.15) is 19.3 Å². The van der Waals surface area contributed by atoms with Gasteiger partial charge >= 0.3 is 11.9 Å². The quantitative estimate of drug-likeness (QED) is 0.496. The van der Waals surface area contributed by atoms with Gasteiger partial charge in [-0.3, -0.25) is 9.59 Å². The highest BCUT2D eigenvalue weighted by molar-refractivity contribution is 7.89. The average molecular weight is 265 g/mol. The van der Waals surface area contributed by atoms with E-state index < -0.39 is 28.0 Å². The molecule has 0 amide bonds. The highest BCUT2D eigenvalue weighted by atomic mass is 32.2. The van der Waals surface area contributed by atoms with Crippen LogP contribution in [0.25, 0.3) is 0 Å². The Balaban J connectivity index is 4.39. The number of aliphatic carboxylic acids is 2. The van der Waals surface area contributed by atoms with Crippen LogP contribution in [0.4, 0.5) is 0 Å². The fraction of sp³-hybridized carbons (Fsp3) is 0.556. The van der Waals surface area contributed by atoms with Gasteiger partial charge in [-0.25, -0.2) is 13.1 Å². The minimum atomic E-state index is -3.72. The molecule has 3 N–H and O–H groups in total. The van der Waals surface area contributed by atoms with E-state index in [1.54, 1.807) is 0 Å². The van der Waals surface area contributed by atoms with Crippen molar-refractivity contribution in [3.8, 4) is 0 Å². The molecule has 0 aromatic rings. The van der Waals surface area contributed by atoms with E-state index in [2.05, 4.69) is 6.58 Å². The molecule has 0 aliphatic rings. The molecule has 0 unspecified atom stereocenters. The van der Waals surface area contributed by atoms with Crippen molar-refractivity contribution in [2.45, 2.75) is 25.3 Å². The summed E-state index contributed by atoms with van der Waals surface area (Å²) in [7, 11) is -3.72. The second-order valence-electron chi connectivity index (χ2n) is 3.36. The number of carboxylic acid groups (broad SMARTS) is 2. The number of sulfonamides is 1. The van der Waals surface area contributed by atoms with Gasteiger partial charge in [-0.15, -0.1) is 6.58 Å². The standard InChI is InChI=1S/C9H15NO6S/c1-2-6-17(15,16)10-7(9(13)14)4-3-5-8(11)12/h2,7,10H,1,3-6H2,(H,11,12)(H,13,14)/t7-/m1/s1. The van der Waals surface area contributed by atoms with Gasteiger partial charge < -0.3 is 10.2 Å². The molecule has 0 heterocycles. The van der Waals surface area contributed by atoms with Crippen LogP contribution < -0.4 is 4.72 Å². The van der Waals surface area contributed by atoms with Gasteiger partial charge in [0.25, 0.3) is 0 Å². The van der Waals surface area contributed by atoms with Crippen LogP contribution in [0.15, 0.2) is 12.7 Å². The van der Waals surface area contributed by atoms with Gasteiger partial charge in [0.1, 0.15) is 6.04 Å². The maximum atomic E-state index is 11.3. The second-order valence-corrected chi connectivity index (χ2v) is 5.16. The third kappa shape index (κ3) is 7.47. The highest BCUT2D eigenvalue weighted by Gasteiger charge is 2.22. The number of carbonyl (C=O) groups is 2. The molecule has 8 heteroatoms. The monoisotopic (exact) mass is 265 g/mol. The van der Waals surface area contributed by atoms with Crippen LogP contribution in [0.5, 0.6) is 0 Å². The maximum absolute atomic E-state index is 11.3. The summed E-state index contributed by atoms with van der Waals surface area (Å²) in [5.41, 5.74) is 0. The van der Waals surface area contributed by atoms with Crippen LogP contribution in [0.3, 0.4) is 0 Å². The molecule has 0 aliphatic carbocycles. The first-order valence-electron chi connectivity index (χ1n) is 4.84. The summed E-state index contributed by atoms with van der Waals surface area (Å²) < 4.78 is 24.5. The molecular formula is C9H15NO6S. The van der Waals surface area contributed by atoms with Crippen molar-refractivity contribution < 1.29 is 28.2 Å². The number of rotatable bonds is 9. The molecule has 0 radical (unpaired) electrons. The summed E-state index contributed by atoms with van der Waals surface area (Å²) in [5, 5.41) is 17.2. The summed E-state index contributed by atoms with van der Waals surface area (Å²) in [4.78, 5) is 21.0. The Labute approximate surface area is 99.2 Å². The van der Waals surface area contributed by atoms with Gasteiger partial charge in [-0.05, 0) is 12.8 Å². The van der Waals surface area contributed by atoms with E-state index in [1.165, 1.54) is 0 Å². The molecule has 17 heavy (non-hydrogen) atoms. The number of hydrogen-bond donors (Lipinski definition) is 3. The minimum Gasteiger partial charge on any atom is -0.481 e. The van der Waals surface area contributed by atoms with Crippen molar-refractivity contribution in [3.63, 3.8) is 0 Å². The van der Waals surface area contributed by atoms with E-state index in [0.717, 1.165) is 6.08 Å². The van der Waals surface area contributed by atoms with E-state index in [4.69, 9.17) is 10.2 Å². The molecule has 0 aromatic heterocycles. The zero-order chi connectivity index (χ0) is 13.5. The summed E-state index contributed by atoms with van der Waals surface area (Å²) in [5.74, 6) is -2.76. The SMILES string of the molecule is C=CCS(=O)(=O)N[C@H](CCCC(=O)O)C(=O)O. The molecule has 1 atom stereocenters. The van der Waals surface area contributed by atoms with Crippen molar-refractivity contribution in [1.29, 1.82) is 0 Å². The second kappa shape index (κ2) is 7.02. The highest BCUT2D eigenvalue weighted by Crippen LogP contribution is 2.03. The summed E-state index contributed by atoms with van der Waals surface area (Å²) in [6.45, 7) is 3.24. The van der Waals surface area contributed by atoms with Crippen molar-refractivity contribution in [2.24, 2.45) is 0 Å². The van der Waals surface area contributed by atoms with Crippen molar-refractivity contribution in [2.75, 3.05) is 5.75 Å². The molecule has 0 fully saturated rings. The smallest absolute Gasteiger partial charge is 0.321 e. The molecule has 0 aromatic carbocycles. The average Bonchev–Trinajstić information content (AvgIpc) is 2.14. The maximum Gasteiger partial charge on any atom is 0.321 e. The number of nitrogens with one attached hydrogen (secondary N) is 1. The lowest BCUT2D eigenvalue weighted by Gasteiger charge is -2.13. The molecule has 7 nitrogen and oxygen atoms in total. The van der Waals surface area contributed by atoms with Crippen LogP contribution in [0.2, 0.25) is 0 Å². The lowest BCUT2D eigenvalue weighted by atomic mass is 10.1. The molecule has 0 bridgehead atoms. The van der Waals surface area contributed by atoms with Gasteiger partial charge in [0.15, 0.2) is 0 Å². The lowest BCUT2D eigenvalue weighted by Crippen LogP contribution is -2.41. The molecule has 0 aliphatic heterocycles. The minimum absolute atomic E-state index is 0.0714. The van der Waals surface area contributed by atoms with Gasteiger partial charge in [0, 0.05) is 6.42 Å². The molecule has 0 saturated heterocycles. The first kappa shape index (κ1) is 15.6. The fourth-order valence-electron chi connectivity index (χ4n) is 1.11. The normalized spacial score (nSPS) is 12.9. The van der Waals surface area contributed by atoms with Gasteiger partial charge in [0.2, 0.25) is 10.0 Å². The largest absolute Gasteiger partial charge is 0.481 e. The predicted octanol–water partition coefficient (Wildman–Crippen LogP) is -0.200. The Morgan fingerprint density at radius 2 is 1.94 bits per heavy atom. The first-order chi connectivity index (χ1) is 7.78. The van der Waals surface area contributed by atoms with Gasteiger partial charge in [0.05, 0.1) is 5.75 Å². The zero-order valence-electron chi connectivity index (χ0n) is 9.13. The van der Waals surface area contributed by atoms with Crippen LogP contribution in [-0.2, 0) is 19.6 Å². The lowest BCUT2D eigenvalue weighted by molar-refractivity contribution is -0.140. The van der Waals surface area contributed by atoms with Crippen LogP contribution >= 0.6 is 0 Å². The zero-order valence-corrected chi connectivity index (χ0v) is 9.94. The predicted molar refractivity (Wildman–Crippen MR) is 60.0 cm³/mol. The Morgan fingerprint density at radius 3 is 2.35 bits per heavy atom. The third-order valence-corrected chi connectivity index (χ3v) is 3.16. The Bertz CT molecular complexity index is 388. The topological polar surface area (TPSA) is 121 Å². The number of hydrogen-bond acceptors (Lipinski definition) is 4. The van der Waals surface area contributed by atoms with E-state index in [-0.39, 0.29) is 25.0 Å². The summed E-state index contributed by atoms with van der Waals surface area (Å²) in [6, 6.07) is -1.31. The van der Waals surface area contributed by atoms with Crippen LogP contribution in [-0.4, -0.2) is 42.4 Å². The Kier molecular flexibility index (Phi) is 6.44. The molecule has 0 spiro atoms. The molecular weight excluding hydrogens is 250 g/mol. The number of carboxylic acids is 2. The first-order valence-corrected chi connectivity index (χ1v) is 6.49. The third-order valence-electron chi connectivity index (χ3n) is 1.84. The van der Waals surface area contributed by atoms with Crippen LogP contribution in [0, 0.1) is 0 Å². The van der Waals surface area contributed by atoms with Gasteiger partial charge in [-0.1, -0.05) is 6.08 Å². The molecule has 0 rings (SSSR count). The Hall–Kier alpha value is -1.41. The Morgan fingerprint density at radius 1 is 1.35 bits per heavy atom. The van der Waals surface area contributed by atoms with E-state index in [9.17, 15) is 18.0 Å². The summed E-state index contributed by atoms with van der Waals surface area (Å²) >= 11 is 0. The van der Waals surface area contributed by atoms with E-state index >= 15 is 0 Å². The van der Waals surface area contributed by atoms with Gasteiger partial charge in [-0.2, -0.15) is 0 Å². The van der Waals surface area contributed by atoms with Crippen molar-refractivity contribution in [1.82, 2.24) is 4.72 Å². The van der Waals surface area contributed by atoms with E-state index in [1.807, 2.05) is 4.72 Å². The molecule has 0 saturated carbocycles.